The first-order chi connectivity index (χ1) is 12.9. The lowest BCUT2D eigenvalue weighted by molar-refractivity contribution is -0.186. The Morgan fingerprint density at radius 2 is 1.67 bits per heavy atom. The van der Waals surface area contributed by atoms with E-state index >= 15 is 0 Å². The molecular formula is C20H22F3N3O. The van der Waals surface area contributed by atoms with Gasteiger partial charge in [0.2, 0.25) is 0 Å². The SMILES string of the molecule is O=C(CC(N1CCN(Cc2ccccc2)CC1)C(F)(F)F)c1ccccn1. The maximum absolute atomic E-state index is 13.6. The minimum absolute atomic E-state index is 0.0782. The molecule has 0 aliphatic carbocycles. The highest BCUT2D eigenvalue weighted by Crippen LogP contribution is 2.29. The highest BCUT2D eigenvalue weighted by Gasteiger charge is 2.45. The van der Waals surface area contributed by atoms with Gasteiger partial charge < -0.3 is 0 Å². The number of ketones is 1. The standard InChI is InChI=1S/C20H22F3N3O/c21-20(22,23)19(14-18(27)17-8-4-5-9-24-17)26-12-10-25(11-13-26)15-16-6-2-1-3-7-16/h1-9,19H,10-15H2. The van der Waals surface area contributed by atoms with Gasteiger partial charge in [-0.25, -0.2) is 0 Å². The summed E-state index contributed by atoms with van der Waals surface area (Å²) in [6, 6.07) is 12.8. The van der Waals surface area contributed by atoms with Crippen molar-refractivity contribution in [3.8, 4) is 0 Å². The van der Waals surface area contributed by atoms with Crippen LogP contribution in [-0.2, 0) is 6.54 Å². The largest absolute Gasteiger partial charge is 0.404 e. The summed E-state index contributed by atoms with van der Waals surface area (Å²) in [6.07, 6.45) is -3.64. The molecule has 144 valence electrons. The summed E-state index contributed by atoms with van der Waals surface area (Å²) in [4.78, 5) is 19.6. The molecule has 1 aliphatic rings. The number of carbonyl (C=O) groups excluding carboxylic acids is 1. The Hall–Kier alpha value is -2.25. The minimum Gasteiger partial charge on any atom is -0.297 e. The van der Waals surface area contributed by atoms with Gasteiger partial charge >= 0.3 is 6.18 Å². The van der Waals surface area contributed by atoms with Crippen LogP contribution in [0.2, 0.25) is 0 Å². The van der Waals surface area contributed by atoms with Crippen LogP contribution in [0, 0.1) is 0 Å². The van der Waals surface area contributed by atoms with Crippen molar-refractivity contribution in [1.29, 1.82) is 0 Å². The Kier molecular flexibility index (Phi) is 6.23. The fourth-order valence-electron chi connectivity index (χ4n) is 3.33. The van der Waals surface area contributed by atoms with Gasteiger partial charge in [0, 0.05) is 45.3 Å². The van der Waals surface area contributed by atoms with Gasteiger partial charge in [0.15, 0.2) is 5.78 Å². The molecule has 1 aromatic heterocycles. The molecule has 27 heavy (non-hydrogen) atoms. The summed E-state index contributed by atoms with van der Waals surface area (Å²) >= 11 is 0. The van der Waals surface area contributed by atoms with Gasteiger partial charge in [-0.3, -0.25) is 19.6 Å². The quantitative estimate of drug-likeness (QED) is 0.723. The number of alkyl halides is 3. The Balaban J connectivity index is 1.61. The van der Waals surface area contributed by atoms with Crippen molar-refractivity contribution < 1.29 is 18.0 Å². The third-order valence-electron chi connectivity index (χ3n) is 4.80. The lowest BCUT2D eigenvalue weighted by atomic mass is 10.0. The first kappa shape index (κ1) is 19.5. The van der Waals surface area contributed by atoms with Crippen LogP contribution < -0.4 is 0 Å². The smallest absolute Gasteiger partial charge is 0.297 e. The van der Waals surface area contributed by atoms with Crippen molar-refractivity contribution in [1.82, 2.24) is 14.8 Å². The van der Waals surface area contributed by atoms with Gasteiger partial charge in [0.25, 0.3) is 0 Å². The molecule has 0 bridgehead atoms. The second kappa shape index (κ2) is 8.63. The average molecular weight is 377 g/mol. The second-order valence-electron chi connectivity index (χ2n) is 6.70. The number of nitrogens with zero attached hydrogens (tertiary/aromatic N) is 3. The minimum atomic E-state index is -4.45. The zero-order chi connectivity index (χ0) is 19.3. The van der Waals surface area contributed by atoms with E-state index in [2.05, 4.69) is 9.88 Å². The zero-order valence-electron chi connectivity index (χ0n) is 14.9. The molecule has 0 N–H and O–H groups in total. The first-order valence-corrected chi connectivity index (χ1v) is 8.95. The third-order valence-corrected chi connectivity index (χ3v) is 4.80. The summed E-state index contributed by atoms with van der Waals surface area (Å²) in [6.45, 7) is 2.37. The van der Waals surface area contributed by atoms with Crippen LogP contribution in [0.5, 0.6) is 0 Å². The normalized spacial score (nSPS) is 17.6. The van der Waals surface area contributed by atoms with Crippen LogP contribution in [0.4, 0.5) is 13.2 Å². The van der Waals surface area contributed by atoms with Crippen LogP contribution in [-0.4, -0.2) is 59.0 Å². The van der Waals surface area contributed by atoms with Gasteiger partial charge in [-0.05, 0) is 17.7 Å². The van der Waals surface area contributed by atoms with Crippen molar-refractivity contribution in [2.45, 2.75) is 25.2 Å². The van der Waals surface area contributed by atoms with E-state index in [1.54, 1.807) is 12.1 Å². The van der Waals surface area contributed by atoms with E-state index in [-0.39, 0.29) is 18.8 Å². The topological polar surface area (TPSA) is 36.4 Å². The number of Topliss-reactive ketones (excluding diaryl/α,β-unsaturated/α-hetero) is 1. The molecule has 1 aliphatic heterocycles. The molecule has 2 aromatic rings. The number of piperazine rings is 1. The fourth-order valence-corrected chi connectivity index (χ4v) is 3.33. The van der Waals surface area contributed by atoms with Crippen LogP contribution in [0.15, 0.2) is 54.7 Å². The fraction of sp³-hybridized carbons (Fsp3) is 0.400. The molecular weight excluding hydrogens is 355 g/mol. The van der Waals surface area contributed by atoms with Crippen molar-refractivity contribution in [3.63, 3.8) is 0 Å². The molecule has 1 aromatic carbocycles. The van der Waals surface area contributed by atoms with E-state index < -0.39 is 24.4 Å². The maximum Gasteiger partial charge on any atom is 0.404 e. The molecule has 1 saturated heterocycles. The summed E-state index contributed by atoms with van der Waals surface area (Å²) < 4.78 is 40.8. The molecule has 1 atom stereocenters. The number of benzene rings is 1. The highest BCUT2D eigenvalue weighted by molar-refractivity contribution is 5.94. The molecule has 0 radical (unpaired) electrons. The number of halogens is 3. The first-order valence-electron chi connectivity index (χ1n) is 8.95. The number of aromatic nitrogens is 1. The second-order valence-corrected chi connectivity index (χ2v) is 6.70. The Morgan fingerprint density at radius 3 is 2.26 bits per heavy atom. The van der Waals surface area contributed by atoms with E-state index in [1.807, 2.05) is 30.3 Å². The van der Waals surface area contributed by atoms with Crippen molar-refractivity contribution in [2.24, 2.45) is 0 Å². The number of hydrogen-bond acceptors (Lipinski definition) is 4. The average Bonchev–Trinajstić information content (AvgIpc) is 2.67. The molecule has 1 unspecified atom stereocenters. The predicted molar refractivity (Wildman–Crippen MR) is 96.3 cm³/mol. The number of carbonyl (C=O) groups is 1. The summed E-state index contributed by atoms with van der Waals surface area (Å²) in [7, 11) is 0. The molecule has 1 fully saturated rings. The number of hydrogen-bond donors (Lipinski definition) is 0. The van der Waals surface area contributed by atoms with Crippen molar-refractivity contribution in [2.75, 3.05) is 26.2 Å². The lowest BCUT2D eigenvalue weighted by Crippen LogP contribution is -2.55. The van der Waals surface area contributed by atoms with Gasteiger partial charge in [0.1, 0.15) is 11.7 Å². The maximum atomic E-state index is 13.6. The Labute approximate surface area is 156 Å². The monoisotopic (exact) mass is 377 g/mol. The van der Waals surface area contributed by atoms with Gasteiger partial charge in [-0.1, -0.05) is 36.4 Å². The molecule has 3 rings (SSSR count). The van der Waals surface area contributed by atoms with Crippen LogP contribution in [0.25, 0.3) is 0 Å². The van der Waals surface area contributed by atoms with Gasteiger partial charge in [0.05, 0.1) is 0 Å². The van der Waals surface area contributed by atoms with Gasteiger partial charge in [-0.15, -0.1) is 0 Å². The van der Waals surface area contributed by atoms with E-state index in [0.717, 1.165) is 12.1 Å². The van der Waals surface area contributed by atoms with E-state index in [1.165, 1.54) is 17.2 Å². The molecule has 4 nitrogen and oxygen atoms in total. The Bertz CT molecular complexity index is 729. The third kappa shape index (κ3) is 5.37. The molecule has 7 heteroatoms. The number of pyridine rings is 1. The van der Waals surface area contributed by atoms with E-state index in [4.69, 9.17) is 0 Å². The lowest BCUT2D eigenvalue weighted by Gasteiger charge is -2.39. The molecule has 0 amide bonds. The van der Waals surface area contributed by atoms with E-state index in [9.17, 15) is 18.0 Å². The van der Waals surface area contributed by atoms with Crippen molar-refractivity contribution in [3.05, 3.63) is 66.0 Å². The Morgan fingerprint density at radius 1 is 1.00 bits per heavy atom. The van der Waals surface area contributed by atoms with E-state index in [0.29, 0.717) is 13.1 Å². The predicted octanol–water partition coefficient (Wildman–Crippen LogP) is 3.40. The number of rotatable bonds is 6. The molecule has 0 spiro atoms. The van der Waals surface area contributed by atoms with Gasteiger partial charge in [-0.2, -0.15) is 13.2 Å². The molecule has 0 saturated carbocycles. The van der Waals surface area contributed by atoms with Crippen molar-refractivity contribution >= 4 is 5.78 Å². The summed E-state index contributed by atoms with van der Waals surface area (Å²) in [5, 5.41) is 0. The van der Waals surface area contributed by atoms with Crippen LogP contribution in [0.1, 0.15) is 22.5 Å². The summed E-state index contributed by atoms with van der Waals surface area (Å²) in [5.41, 5.74) is 1.22. The highest BCUT2D eigenvalue weighted by atomic mass is 19.4. The summed E-state index contributed by atoms with van der Waals surface area (Å²) in [5.74, 6) is -0.579. The van der Waals surface area contributed by atoms with Crippen LogP contribution in [0.3, 0.4) is 0 Å². The molecule has 2 heterocycles. The zero-order valence-corrected chi connectivity index (χ0v) is 14.9. The van der Waals surface area contributed by atoms with Crippen LogP contribution >= 0.6 is 0 Å².